The number of para-hydroxylation sites is 1. The third-order valence-corrected chi connectivity index (χ3v) is 5.35. The molecule has 0 saturated carbocycles. The van der Waals surface area contributed by atoms with Crippen molar-refractivity contribution in [3.05, 3.63) is 81.2 Å². The number of carbonyl (C=O) groups excluding carboxylic acids is 1. The van der Waals surface area contributed by atoms with Gasteiger partial charge in [0, 0.05) is 36.6 Å². The molecule has 166 valence electrons. The highest BCUT2D eigenvalue weighted by atomic mass is 16.5. The summed E-state index contributed by atoms with van der Waals surface area (Å²) >= 11 is 0. The summed E-state index contributed by atoms with van der Waals surface area (Å²) in [7, 11) is 1.96. The van der Waals surface area contributed by atoms with Crippen LogP contribution in [0, 0.1) is 13.8 Å². The molecule has 3 aromatic heterocycles. The summed E-state index contributed by atoms with van der Waals surface area (Å²) in [5, 5.41) is 7.47. The van der Waals surface area contributed by atoms with Crippen LogP contribution in [0.15, 0.2) is 47.4 Å². The van der Waals surface area contributed by atoms with Crippen molar-refractivity contribution < 1.29 is 9.53 Å². The van der Waals surface area contributed by atoms with E-state index >= 15 is 0 Å². The highest BCUT2D eigenvalue weighted by molar-refractivity contribution is 5.95. The van der Waals surface area contributed by atoms with Crippen LogP contribution in [0.25, 0.3) is 11.3 Å². The first kappa shape index (κ1) is 21.5. The van der Waals surface area contributed by atoms with Gasteiger partial charge in [0.05, 0.1) is 23.7 Å². The third-order valence-electron chi connectivity index (χ3n) is 5.35. The van der Waals surface area contributed by atoms with Crippen LogP contribution in [-0.4, -0.2) is 48.9 Å². The Morgan fingerprint density at radius 2 is 1.94 bits per heavy atom. The van der Waals surface area contributed by atoms with E-state index in [0.29, 0.717) is 18.8 Å². The molecule has 4 rings (SSSR count). The van der Waals surface area contributed by atoms with E-state index in [1.54, 1.807) is 6.92 Å². The highest BCUT2D eigenvalue weighted by Crippen LogP contribution is 2.20. The molecular formula is C23H26N6O3. The van der Waals surface area contributed by atoms with Crippen molar-refractivity contribution in [3.8, 4) is 5.69 Å². The predicted octanol–water partition coefficient (Wildman–Crippen LogP) is 2.63. The number of hydrogen-bond donors (Lipinski definition) is 1. The average molecular weight is 435 g/mol. The molecule has 0 fully saturated rings. The zero-order valence-electron chi connectivity index (χ0n) is 18.6. The van der Waals surface area contributed by atoms with Gasteiger partial charge in [-0.25, -0.2) is 19.0 Å². The predicted molar refractivity (Wildman–Crippen MR) is 120 cm³/mol. The molecule has 0 bridgehead atoms. The Bertz CT molecular complexity index is 1320. The van der Waals surface area contributed by atoms with E-state index in [4.69, 9.17) is 9.84 Å². The van der Waals surface area contributed by atoms with Gasteiger partial charge in [-0.3, -0.25) is 14.8 Å². The van der Waals surface area contributed by atoms with E-state index in [-0.39, 0.29) is 23.4 Å². The van der Waals surface area contributed by atoms with E-state index in [2.05, 4.69) is 21.9 Å². The van der Waals surface area contributed by atoms with Crippen LogP contribution in [0.3, 0.4) is 0 Å². The molecule has 0 saturated heterocycles. The second-order valence-corrected chi connectivity index (χ2v) is 7.72. The number of fused-ring (bicyclic) bond motifs is 1. The van der Waals surface area contributed by atoms with Gasteiger partial charge in [0.1, 0.15) is 5.56 Å². The lowest BCUT2D eigenvalue weighted by atomic mass is 10.2. The second-order valence-electron chi connectivity index (χ2n) is 7.72. The normalized spacial score (nSPS) is 11.4. The molecule has 4 aromatic rings. The number of benzene rings is 1. The minimum absolute atomic E-state index is 0.240. The first-order valence-electron chi connectivity index (χ1n) is 10.4. The molecule has 1 N–H and O–H groups in total. The number of nitrogens with one attached hydrogen (secondary N) is 1. The number of aromatic amines is 1. The fourth-order valence-electron chi connectivity index (χ4n) is 3.80. The molecule has 0 aliphatic rings. The number of carbonyl (C=O) groups is 1. The maximum atomic E-state index is 12.5. The lowest BCUT2D eigenvalue weighted by Crippen LogP contribution is -2.22. The average Bonchev–Trinajstić information content (AvgIpc) is 3.31. The Morgan fingerprint density at radius 1 is 1.19 bits per heavy atom. The number of nitrogens with zero attached hydrogens (tertiary/aromatic N) is 5. The molecule has 9 nitrogen and oxygen atoms in total. The Morgan fingerprint density at radius 3 is 2.66 bits per heavy atom. The monoisotopic (exact) mass is 434 g/mol. The summed E-state index contributed by atoms with van der Waals surface area (Å²) < 4.78 is 8.25. The molecular weight excluding hydrogens is 408 g/mol. The topological polar surface area (TPSA) is 97.5 Å². The number of esters is 1. The van der Waals surface area contributed by atoms with Crippen molar-refractivity contribution in [3.63, 3.8) is 0 Å². The summed E-state index contributed by atoms with van der Waals surface area (Å²) in [5.74, 6) is -0.511. The van der Waals surface area contributed by atoms with Gasteiger partial charge in [-0.15, -0.1) is 0 Å². The Labute approximate surface area is 185 Å². The van der Waals surface area contributed by atoms with Gasteiger partial charge in [-0.2, -0.15) is 5.10 Å². The molecule has 0 aliphatic heterocycles. The molecule has 3 heterocycles. The van der Waals surface area contributed by atoms with Gasteiger partial charge in [0.25, 0.3) is 5.56 Å². The van der Waals surface area contributed by atoms with Crippen LogP contribution in [-0.2, 0) is 17.8 Å². The largest absolute Gasteiger partial charge is 0.462 e. The molecule has 0 atom stereocenters. The van der Waals surface area contributed by atoms with E-state index in [0.717, 1.165) is 22.6 Å². The maximum Gasteiger partial charge on any atom is 0.343 e. The van der Waals surface area contributed by atoms with Crippen LogP contribution in [0.4, 0.5) is 0 Å². The van der Waals surface area contributed by atoms with Gasteiger partial charge in [-0.1, -0.05) is 18.2 Å². The number of aromatic nitrogens is 5. The van der Waals surface area contributed by atoms with Crippen molar-refractivity contribution in [2.24, 2.45) is 0 Å². The molecule has 9 heteroatoms. The van der Waals surface area contributed by atoms with Crippen LogP contribution >= 0.6 is 0 Å². The fourth-order valence-corrected chi connectivity index (χ4v) is 3.80. The Balaban J connectivity index is 1.58. The molecule has 1 aromatic carbocycles. The van der Waals surface area contributed by atoms with Crippen molar-refractivity contribution in [2.75, 3.05) is 13.7 Å². The first-order valence-corrected chi connectivity index (χ1v) is 10.4. The standard InChI is InChI=1S/C23H26N6O3/c1-5-32-23(31)19-12-24-29-21(30)11-17(25-22(19)29)13-27(4)14-20-15(2)26-28(16(20)3)18-9-7-6-8-10-18/h6-12,24H,5,13-14H2,1-4H3. The summed E-state index contributed by atoms with van der Waals surface area (Å²) in [6.45, 7) is 7.11. The Hall–Kier alpha value is -3.72. The summed E-state index contributed by atoms with van der Waals surface area (Å²) in [5.41, 5.74) is 4.97. The van der Waals surface area contributed by atoms with Crippen LogP contribution in [0.5, 0.6) is 0 Å². The molecule has 0 unspecified atom stereocenters. The molecule has 32 heavy (non-hydrogen) atoms. The van der Waals surface area contributed by atoms with Crippen molar-refractivity contribution in [1.29, 1.82) is 0 Å². The fraction of sp³-hybridized carbons (Fsp3) is 0.304. The molecule has 0 aliphatic carbocycles. The van der Waals surface area contributed by atoms with Gasteiger partial charge in [0.2, 0.25) is 0 Å². The zero-order valence-corrected chi connectivity index (χ0v) is 18.6. The van der Waals surface area contributed by atoms with Crippen molar-refractivity contribution >= 4 is 11.6 Å². The third kappa shape index (κ3) is 4.06. The van der Waals surface area contributed by atoms with Crippen LogP contribution in [0.2, 0.25) is 0 Å². The molecule has 0 spiro atoms. The maximum absolute atomic E-state index is 12.5. The van der Waals surface area contributed by atoms with E-state index in [9.17, 15) is 9.59 Å². The lowest BCUT2D eigenvalue weighted by Gasteiger charge is -2.16. The SMILES string of the molecule is CCOC(=O)c1c[nH]n2c(=O)cc(CN(C)Cc3c(C)nn(-c4ccccc4)c3C)nc12. The van der Waals surface area contributed by atoms with Gasteiger partial charge >= 0.3 is 5.97 Å². The second kappa shape index (κ2) is 8.80. The van der Waals surface area contributed by atoms with E-state index < -0.39 is 5.97 Å². The molecule has 0 amide bonds. The van der Waals surface area contributed by atoms with Crippen molar-refractivity contribution in [1.82, 2.24) is 29.3 Å². The minimum Gasteiger partial charge on any atom is -0.462 e. The smallest absolute Gasteiger partial charge is 0.343 e. The number of rotatable bonds is 7. The van der Waals surface area contributed by atoms with Gasteiger partial charge < -0.3 is 4.74 Å². The van der Waals surface area contributed by atoms with Gasteiger partial charge in [-0.05, 0) is 40.0 Å². The summed E-state index contributed by atoms with van der Waals surface area (Å²) in [4.78, 5) is 31.3. The number of aryl methyl sites for hydroxylation is 1. The first-order chi connectivity index (χ1) is 15.4. The van der Waals surface area contributed by atoms with Gasteiger partial charge in [0.15, 0.2) is 5.65 Å². The van der Waals surface area contributed by atoms with Crippen LogP contribution < -0.4 is 5.56 Å². The quantitative estimate of drug-likeness (QED) is 0.449. The number of hydrogen-bond acceptors (Lipinski definition) is 6. The summed E-state index contributed by atoms with van der Waals surface area (Å²) in [6.07, 6.45) is 1.44. The highest BCUT2D eigenvalue weighted by Gasteiger charge is 2.18. The Kier molecular flexibility index (Phi) is 5.91. The molecule has 0 radical (unpaired) electrons. The minimum atomic E-state index is -0.511. The van der Waals surface area contributed by atoms with E-state index in [1.807, 2.05) is 49.0 Å². The zero-order chi connectivity index (χ0) is 22.8. The number of ether oxygens (including phenoxy) is 1. The van der Waals surface area contributed by atoms with Crippen molar-refractivity contribution in [2.45, 2.75) is 33.9 Å². The lowest BCUT2D eigenvalue weighted by molar-refractivity contribution is 0.0528. The van der Waals surface area contributed by atoms with Crippen LogP contribution in [0.1, 0.15) is 39.9 Å². The van der Waals surface area contributed by atoms with E-state index in [1.165, 1.54) is 16.8 Å². The number of H-pyrrole nitrogens is 1. The summed E-state index contributed by atoms with van der Waals surface area (Å²) in [6, 6.07) is 11.5.